The summed E-state index contributed by atoms with van der Waals surface area (Å²) in [6.07, 6.45) is 1.50. The highest BCUT2D eigenvalue weighted by Gasteiger charge is 2.33. The van der Waals surface area contributed by atoms with Crippen molar-refractivity contribution in [2.45, 2.75) is 19.9 Å². The molecule has 2 heterocycles. The van der Waals surface area contributed by atoms with Crippen molar-refractivity contribution in [2.75, 3.05) is 6.61 Å². The first-order valence-electron chi connectivity index (χ1n) is 9.60. The van der Waals surface area contributed by atoms with Crippen LogP contribution in [-0.4, -0.2) is 17.1 Å². The molecule has 2 aromatic carbocycles. The van der Waals surface area contributed by atoms with Crippen LogP contribution in [0.5, 0.6) is 0 Å². The molecule has 0 aliphatic carbocycles. The summed E-state index contributed by atoms with van der Waals surface area (Å²) in [6.45, 7) is 3.62. The normalized spacial score (nSPS) is 16.1. The SMILES string of the molecule is CCOC(=O)C1=C(C)N=c2s/c(=C/c3ccccc3F)c(=O)n2[C@H]1c1ccc(Cl)cc1. The van der Waals surface area contributed by atoms with Gasteiger partial charge in [-0.05, 0) is 43.7 Å². The molecule has 3 aromatic rings. The third-order valence-corrected chi connectivity index (χ3v) is 6.13. The van der Waals surface area contributed by atoms with Crippen molar-refractivity contribution in [3.8, 4) is 0 Å². The molecule has 0 amide bonds. The van der Waals surface area contributed by atoms with Crippen molar-refractivity contribution in [1.29, 1.82) is 0 Å². The Labute approximate surface area is 186 Å². The molecule has 0 saturated carbocycles. The van der Waals surface area contributed by atoms with Crippen molar-refractivity contribution < 1.29 is 13.9 Å². The molecule has 0 bridgehead atoms. The van der Waals surface area contributed by atoms with Crippen molar-refractivity contribution in [2.24, 2.45) is 4.99 Å². The Morgan fingerprint density at radius 2 is 1.97 bits per heavy atom. The third kappa shape index (κ3) is 3.98. The number of nitrogens with zero attached hydrogens (tertiary/aromatic N) is 2. The minimum Gasteiger partial charge on any atom is -0.463 e. The smallest absolute Gasteiger partial charge is 0.338 e. The topological polar surface area (TPSA) is 60.7 Å². The predicted octanol–water partition coefficient (Wildman–Crippen LogP) is 3.59. The summed E-state index contributed by atoms with van der Waals surface area (Å²) in [4.78, 5) is 31.1. The summed E-state index contributed by atoms with van der Waals surface area (Å²) in [7, 11) is 0. The van der Waals surface area contributed by atoms with E-state index in [1.54, 1.807) is 56.3 Å². The molecule has 0 fully saturated rings. The summed E-state index contributed by atoms with van der Waals surface area (Å²) in [5, 5.41) is 0.536. The Bertz CT molecular complexity index is 1370. The molecule has 8 heteroatoms. The van der Waals surface area contributed by atoms with Gasteiger partial charge in [0.25, 0.3) is 5.56 Å². The monoisotopic (exact) mass is 456 g/mol. The first-order valence-corrected chi connectivity index (χ1v) is 10.8. The molecule has 4 rings (SSSR count). The molecule has 31 heavy (non-hydrogen) atoms. The van der Waals surface area contributed by atoms with Gasteiger partial charge >= 0.3 is 5.97 Å². The van der Waals surface area contributed by atoms with Crippen molar-refractivity contribution in [3.63, 3.8) is 0 Å². The number of carbonyl (C=O) groups excluding carboxylic acids is 1. The van der Waals surface area contributed by atoms with Crippen LogP contribution in [0.4, 0.5) is 4.39 Å². The minimum atomic E-state index is -0.727. The summed E-state index contributed by atoms with van der Waals surface area (Å²) in [5.41, 5.74) is 1.39. The van der Waals surface area contributed by atoms with Crippen LogP contribution < -0.4 is 14.9 Å². The van der Waals surface area contributed by atoms with E-state index in [-0.39, 0.29) is 17.7 Å². The number of rotatable bonds is 4. The second-order valence-corrected chi connectivity index (χ2v) is 8.32. The van der Waals surface area contributed by atoms with Gasteiger partial charge in [-0.15, -0.1) is 0 Å². The van der Waals surface area contributed by atoms with E-state index >= 15 is 0 Å². The van der Waals surface area contributed by atoms with Gasteiger partial charge < -0.3 is 4.74 Å². The summed E-state index contributed by atoms with van der Waals surface area (Å²) < 4.78 is 21.2. The first kappa shape index (κ1) is 21.2. The molecule has 0 saturated heterocycles. The van der Waals surface area contributed by atoms with Gasteiger partial charge in [-0.3, -0.25) is 9.36 Å². The summed E-state index contributed by atoms with van der Waals surface area (Å²) in [5.74, 6) is -0.960. The molecule has 1 aliphatic heterocycles. The van der Waals surface area contributed by atoms with E-state index < -0.39 is 17.8 Å². The Balaban J connectivity index is 1.97. The lowest BCUT2D eigenvalue weighted by atomic mass is 9.96. The molecular weight excluding hydrogens is 439 g/mol. The zero-order valence-electron chi connectivity index (χ0n) is 16.8. The van der Waals surface area contributed by atoms with Crippen LogP contribution >= 0.6 is 22.9 Å². The molecule has 5 nitrogen and oxygen atoms in total. The molecule has 0 radical (unpaired) electrons. The largest absolute Gasteiger partial charge is 0.463 e. The Morgan fingerprint density at radius 3 is 2.65 bits per heavy atom. The van der Waals surface area contributed by atoms with Gasteiger partial charge in [-0.25, -0.2) is 14.2 Å². The number of fused-ring (bicyclic) bond motifs is 1. The highest BCUT2D eigenvalue weighted by molar-refractivity contribution is 7.07. The Hall–Kier alpha value is -3.03. The number of hydrogen-bond donors (Lipinski definition) is 0. The van der Waals surface area contributed by atoms with Crippen molar-refractivity contribution in [3.05, 3.63) is 101 Å². The number of hydrogen-bond acceptors (Lipinski definition) is 5. The van der Waals surface area contributed by atoms with E-state index in [9.17, 15) is 14.0 Å². The number of thiazole rings is 1. The highest BCUT2D eigenvalue weighted by atomic mass is 35.5. The van der Waals surface area contributed by atoms with E-state index in [4.69, 9.17) is 16.3 Å². The fourth-order valence-corrected chi connectivity index (χ4v) is 4.65. The van der Waals surface area contributed by atoms with Crippen LogP contribution in [0, 0.1) is 5.82 Å². The van der Waals surface area contributed by atoms with Gasteiger partial charge in [-0.1, -0.05) is 53.3 Å². The Kier molecular flexibility index (Phi) is 5.89. The lowest BCUT2D eigenvalue weighted by molar-refractivity contribution is -0.139. The zero-order valence-corrected chi connectivity index (χ0v) is 18.3. The van der Waals surface area contributed by atoms with Gasteiger partial charge in [0.15, 0.2) is 4.80 Å². The maximum Gasteiger partial charge on any atom is 0.338 e. The average Bonchev–Trinajstić information content (AvgIpc) is 3.04. The maximum absolute atomic E-state index is 14.1. The molecule has 1 aliphatic rings. The van der Waals surface area contributed by atoms with Gasteiger partial charge in [0.2, 0.25) is 0 Å². The fourth-order valence-electron chi connectivity index (χ4n) is 3.49. The summed E-state index contributed by atoms with van der Waals surface area (Å²) in [6, 6.07) is 12.4. The number of aromatic nitrogens is 1. The van der Waals surface area contributed by atoms with Crippen molar-refractivity contribution in [1.82, 2.24) is 4.57 Å². The molecule has 158 valence electrons. The van der Waals surface area contributed by atoms with Crippen LogP contribution in [0.15, 0.2) is 69.6 Å². The third-order valence-electron chi connectivity index (χ3n) is 4.89. The quantitative estimate of drug-likeness (QED) is 0.564. The molecule has 0 N–H and O–H groups in total. The molecule has 1 aromatic heterocycles. The number of halogens is 2. The van der Waals surface area contributed by atoms with Crippen LogP contribution in [0.3, 0.4) is 0 Å². The first-order chi connectivity index (χ1) is 14.9. The lowest BCUT2D eigenvalue weighted by Crippen LogP contribution is -2.39. The number of ether oxygens (including phenoxy) is 1. The van der Waals surface area contributed by atoms with E-state index in [1.165, 1.54) is 16.7 Å². The maximum atomic E-state index is 14.1. The molecular formula is C23H18ClFN2O3S. The fraction of sp³-hybridized carbons (Fsp3) is 0.174. The van der Waals surface area contributed by atoms with Gasteiger partial charge in [0, 0.05) is 10.6 Å². The van der Waals surface area contributed by atoms with E-state index in [1.807, 2.05) is 0 Å². The minimum absolute atomic E-state index is 0.195. The second kappa shape index (κ2) is 8.61. The van der Waals surface area contributed by atoms with Crippen LogP contribution in [0.2, 0.25) is 5.02 Å². The zero-order chi connectivity index (χ0) is 22.1. The Morgan fingerprint density at radius 1 is 1.26 bits per heavy atom. The van der Waals surface area contributed by atoms with Crippen LogP contribution in [0.25, 0.3) is 6.08 Å². The van der Waals surface area contributed by atoms with Crippen LogP contribution in [0.1, 0.15) is 31.0 Å². The van der Waals surface area contributed by atoms with Gasteiger partial charge in [0.05, 0.1) is 28.5 Å². The standard InChI is InChI=1S/C23H18ClFN2O3S/c1-3-30-22(29)19-13(2)26-23-27(20(19)14-8-10-16(24)11-9-14)21(28)18(31-23)12-15-6-4-5-7-17(15)25/h4-12,20H,3H2,1-2H3/b18-12+/t20-/m0/s1. The number of esters is 1. The highest BCUT2D eigenvalue weighted by Crippen LogP contribution is 2.31. The van der Waals surface area contributed by atoms with Crippen molar-refractivity contribution >= 4 is 35.0 Å². The number of carbonyl (C=O) groups is 1. The second-order valence-electron chi connectivity index (χ2n) is 6.88. The van der Waals surface area contributed by atoms with Gasteiger partial charge in [0.1, 0.15) is 5.82 Å². The molecule has 0 spiro atoms. The summed E-state index contributed by atoms with van der Waals surface area (Å²) >= 11 is 7.19. The number of allylic oxidation sites excluding steroid dienone is 1. The molecule has 1 atom stereocenters. The van der Waals surface area contributed by atoms with E-state index in [2.05, 4.69) is 4.99 Å². The average molecular weight is 457 g/mol. The predicted molar refractivity (Wildman–Crippen MR) is 118 cm³/mol. The number of benzene rings is 2. The van der Waals surface area contributed by atoms with E-state index in [0.29, 0.717) is 31.2 Å². The molecule has 0 unspecified atom stereocenters. The van der Waals surface area contributed by atoms with Crippen LogP contribution in [-0.2, 0) is 9.53 Å². The lowest BCUT2D eigenvalue weighted by Gasteiger charge is -2.24. The van der Waals surface area contributed by atoms with E-state index in [0.717, 1.165) is 11.3 Å². The van der Waals surface area contributed by atoms with Gasteiger partial charge in [-0.2, -0.15) is 0 Å².